The third kappa shape index (κ3) is 2.10. The molecule has 0 bridgehead atoms. The van der Waals surface area contributed by atoms with Crippen molar-refractivity contribution in [3.8, 4) is 0 Å². The maximum absolute atomic E-state index is 3.36. The second-order valence-corrected chi connectivity index (χ2v) is 5.21. The van der Waals surface area contributed by atoms with Crippen LogP contribution in [0.1, 0.15) is 27.7 Å². The van der Waals surface area contributed by atoms with Crippen LogP contribution >= 0.6 is 11.8 Å². The van der Waals surface area contributed by atoms with E-state index >= 15 is 0 Å². The summed E-state index contributed by atoms with van der Waals surface area (Å²) in [5.74, 6) is 1.86. The minimum atomic E-state index is 0.215. The Hall–Kier alpha value is 0.270. The Morgan fingerprint density at radius 3 is 2.55 bits per heavy atom. The van der Waals surface area contributed by atoms with Gasteiger partial charge in [-0.2, -0.15) is 0 Å². The summed E-state index contributed by atoms with van der Waals surface area (Å²) >= 11 is 2.01. The minimum Gasteiger partial charge on any atom is -0.253 e. The molecular formula is C8H18N2S. The molecule has 1 fully saturated rings. The van der Waals surface area contributed by atoms with Gasteiger partial charge in [-0.25, -0.2) is 5.43 Å². The van der Waals surface area contributed by atoms with E-state index in [1.54, 1.807) is 0 Å². The maximum Gasteiger partial charge on any atom is 0.0769 e. The van der Waals surface area contributed by atoms with Gasteiger partial charge >= 0.3 is 0 Å². The molecule has 1 aliphatic rings. The zero-order valence-corrected chi connectivity index (χ0v) is 8.59. The van der Waals surface area contributed by atoms with Crippen LogP contribution in [0.15, 0.2) is 0 Å². The molecule has 11 heavy (non-hydrogen) atoms. The van der Waals surface area contributed by atoms with Crippen LogP contribution in [0.4, 0.5) is 0 Å². The molecule has 2 atom stereocenters. The molecule has 0 aliphatic carbocycles. The summed E-state index contributed by atoms with van der Waals surface area (Å²) in [6.45, 7) is 8.94. The molecule has 0 amide bonds. The Bertz CT molecular complexity index is 128. The lowest BCUT2D eigenvalue weighted by Gasteiger charge is -2.40. The molecule has 66 valence electrons. The summed E-state index contributed by atoms with van der Waals surface area (Å²) in [5.41, 5.74) is 6.64. The predicted molar refractivity (Wildman–Crippen MR) is 51.4 cm³/mol. The van der Waals surface area contributed by atoms with Crippen molar-refractivity contribution in [2.75, 3.05) is 5.75 Å². The molecule has 0 radical (unpaired) electrons. The average molecular weight is 174 g/mol. The van der Waals surface area contributed by atoms with Crippen molar-refractivity contribution < 1.29 is 0 Å². The molecule has 1 rings (SSSR count). The monoisotopic (exact) mass is 174 g/mol. The Morgan fingerprint density at radius 2 is 2.18 bits per heavy atom. The lowest BCUT2D eigenvalue weighted by molar-refractivity contribution is 0.303. The van der Waals surface area contributed by atoms with Crippen molar-refractivity contribution in [1.29, 1.82) is 0 Å². The van der Waals surface area contributed by atoms with Crippen LogP contribution in [0.5, 0.6) is 0 Å². The topological polar surface area (TPSA) is 24.1 Å². The summed E-state index contributed by atoms with van der Waals surface area (Å²) < 4.78 is 0. The first-order valence-electron chi connectivity index (χ1n) is 4.21. The van der Waals surface area contributed by atoms with Gasteiger partial charge in [-0.3, -0.25) is 5.43 Å². The van der Waals surface area contributed by atoms with Crippen molar-refractivity contribution in [3.05, 3.63) is 0 Å². The summed E-state index contributed by atoms with van der Waals surface area (Å²) in [4.78, 5) is 0.215. The third-order valence-corrected chi connectivity index (χ3v) is 4.14. The van der Waals surface area contributed by atoms with Crippen LogP contribution in [0.2, 0.25) is 0 Å². The first-order chi connectivity index (χ1) is 5.04. The van der Waals surface area contributed by atoms with Gasteiger partial charge in [-0.15, -0.1) is 11.8 Å². The Balaban J connectivity index is 2.48. The van der Waals surface area contributed by atoms with E-state index in [1.165, 1.54) is 5.75 Å². The van der Waals surface area contributed by atoms with E-state index < -0.39 is 0 Å². The van der Waals surface area contributed by atoms with Gasteiger partial charge < -0.3 is 0 Å². The van der Waals surface area contributed by atoms with E-state index in [-0.39, 0.29) is 4.87 Å². The normalized spacial score (nSPS) is 39.5. The summed E-state index contributed by atoms with van der Waals surface area (Å²) in [7, 11) is 0. The predicted octanol–water partition coefficient (Wildman–Crippen LogP) is 1.59. The highest BCUT2D eigenvalue weighted by molar-refractivity contribution is 8.00. The van der Waals surface area contributed by atoms with Gasteiger partial charge in [0, 0.05) is 11.8 Å². The SMILES string of the molecule is CC1CSC(C)(C(C)C)NN1. The molecule has 2 N–H and O–H groups in total. The molecule has 1 aliphatic heterocycles. The van der Waals surface area contributed by atoms with Gasteiger partial charge in [0.05, 0.1) is 4.87 Å². The maximum atomic E-state index is 3.36. The van der Waals surface area contributed by atoms with Gasteiger partial charge in [0.2, 0.25) is 0 Å². The summed E-state index contributed by atoms with van der Waals surface area (Å²) in [5, 5.41) is 0. The van der Waals surface area contributed by atoms with Crippen molar-refractivity contribution in [1.82, 2.24) is 10.9 Å². The summed E-state index contributed by atoms with van der Waals surface area (Å²) in [6.07, 6.45) is 0. The van der Waals surface area contributed by atoms with E-state index in [0.717, 1.165) is 0 Å². The highest BCUT2D eigenvalue weighted by atomic mass is 32.2. The van der Waals surface area contributed by atoms with Gasteiger partial charge in [-0.05, 0) is 19.8 Å². The fourth-order valence-corrected chi connectivity index (χ4v) is 2.10. The number of nitrogens with one attached hydrogen (secondary N) is 2. The highest BCUT2D eigenvalue weighted by Gasteiger charge is 2.32. The average Bonchev–Trinajstić information content (AvgIpc) is 1.95. The van der Waals surface area contributed by atoms with E-state index in [1.807, 2.05) is 11.8 Å². The number of hydrogen-bond acceptors (Lipinski definition) is 3. The quantitative estimate of drug-likeness (QED) is 0.631. The third-order valence-electron chi connectivity index (χ3n) is 2.30. The second kappa shape index (κ2) is 3.33. The molecular weight excluding hydrogens is 156 g/mol. The van der Waals surface area contributed by atoms with Gasteiger partial charge in [-0.1, -0.05) is 13.8 Å². The lowest BCUT2D eigenvalue weighted by Crippen LogP contribution is -2.59. The Kier molecular flexibility index (Phi) is 2.84. The van der Waals surface area contributed by atoms with Gasteiger partial charge in [0.25, 0.3) is 0 Å². The van der Waals surface area contributed by atoms with Crippen molar-refractivity contribution in [2.45, 2.75) is 38.6 Å². The van der Waals surface area contributed by atoms with E-state index in [0.29, 0.717) is 12.0 Å². The van der Waals surface area contributed by atoms with Crippen LogP contribution < -0.4 is 10.9 Å². The smallest absolute Gasteiger partial charge is 0.0769 e. The largest absolute Gasteiger partial charge is 0.253 e. The van der Waals surface area contributed by atoms with Gasteiger partial charge in [0.15, 0.2) is 0 Å². The molecule has 2 nitrogen and oxygen atoms in total. The van der Waals surface area contributed by atoms with Crippen molar-refractivity contribution >= 4 is 11.8 Å². The van der Waals surface area contributed by atoms with E-state index in [9.17, 15) is 0 Å². The number of thioether (sulfide) groups is 1. The fourth-order valence-electron chi connectivity index (χ4n) is 0.953. The highest BCUT2D eigenvalue weighted by Crippen LogP contribution is 2.31. The van der Waals surface area contributed by atoms with Gasteiger partial charge in [0.1, 0.15) is 0 Å². The van der Waals surface area contributed by atoms with Crippen LogP contribution in [-0.4, -0.2) is 16.7 Å². The Labute approximate surface area is 73.5 Å². The van der Waals surface area contributed by atoms with Crippen LogP contribution in [0.3, 0.4) is 0 Å². The molecule has 3 heteroatoms. The van der Waals surface area contributed by atoms with Crippen molar-refractivity contribution in [3.63, 3.8) is 0 Å². The first-order valence-corrected chi connectivity index (χ1v) is 5.20. The molecule has 0 aromatic carbocycles. The molecule has 0 aromatic rings. The molecule has 0 spiro atoms. The molecule has 0 aromatic heterocycles. The molecule has 0 saturated carbocycles. The Morgan fingerprint density at radius 1 is 1.55 bits per heavy atom. The molecule has 1 heterocycles. The van der Waals surface area contributed by atoms with E-state index in [2.05, 4.69) is 38.5 Å². The number of rotatable bonds is 1. The van der Waals surface area contributed by atoms with Crippen LogP contribution in [0, 0.1) is 5.92 Å². The zero-order chi connectivity index (χ0) is 8.48. The standard InChI is InChI=1S/C8H18N2S/c1-6(2)8(4)10-9-7(3)5-11-8/h6-7,9-10H,5H2,1-4H3. The number of hydrazine groups is 1. The van der Waals surface area contributed by atoms with Crippen LogP contribution in [0.25, 0.3) is 0 Å². The summed E-state index contributed by atoms with van der Waals surface area (Å²) in [6, 6.07) is 0.590. The molecule has 1 saturated heterocycles. The minimum absolute atomic E-state index is 0.215. The van der Waals surface area contributed by atoms with Crippen molar-refractivity contribution in [2.24, 2.45) is 5.92 Å². The number of hydrogen-bond donors (Lipinski definition) is 2. The second-order valence-electron chi connectivity index (χ2n) is 3.74. The zero-order valence-electron chi connectivity index (χ0n) is 7.77. The lowest BCUT2D eigenvalue weighted by atomic mass is 10.1. The first kappa shape index (κ1) is 9.36. The van der Waals surface area contributed by atoms with E-state index in [4.69, 9.17) is 0 Å². The van der Waals surface area contributed by atoms with Crippen LogP contribution in [-0.2, 0) is 0 Å². The molecule has 2 unspecified atom stereocenters. The fraction of sp³-hybridized carbons (Fsp3) is 1.00.